The maximum atomic E-state index is 12.3. The Morgan fingerprint density at radius 1 is 1.18 bits per heavy atom. The number of nitrogens with zero attached hydrogens (tertiary/aromatic N) is 4. The highest BCUT2D eigenvalue weighted by molar-refractivity contribution is 5.94. The fourth-order valence-corrected chi connectivity index (χ4v) is 3.54. The van der Waals surface area contributed by atoms with Crippen LogP contribution in [0, 0.1) is 6.92 Å². The molecule has 2 N–H and O–H groups in total. The number of carbonyl (C=O) groups excluding carboxylic acids is 1. The molecule has 0 radical (unpaired) electrons. The Labute approximate surface area is 188 Å². The smallest absolute Gasteiger partial charge is 0.381 e. The number of benzene rings is 1. The zero-order valence-corrected chi connectivity index (χ0v) is 17.9. The summed E-state index contributed by atoms with van der Waals surface area (Å²) in [4.78, 5) is 20.8. The van der Waals surface area contributed by atoms with Crippen LogP contribution in [-0.2, 0) is 4.74 Å². The molecular weight excluding hydrogens is 437 g/mol. The molecule has 0 spiro atoms. The molecule has 0 aliphatic carbocycles. The third kappa shape index (κ3) is 5.86. The standard InChI is InChI=1S/C22H23F3N6O2/c1-14-10-26-21(29-17-11-28-31(12-17)18-6-8-33-9-7-18)30-19(14)15-2-4-16(5-3-15)20(32)27-13-22(23,24)25/h2-5,10-12,18H,6-9,13H2,1H3,(H,27,32)(H,26,29,30). The van der Waals surface area contributed by atoms with Crippen LogP contribution in [0.2, 0.25) is 0 Å². The number of hydrogen-bond donors (Lipinski definition) is 2. The lowest BCUT2D eigenvalue weighted by Crippen LogP contribution is -2.33. The number of nitrogens with one attached hydrogen (secondary N) is 2. The Hall–Kier alpha value is -3.47. The Morgan fingerprint density at radius 2 is 1.91 bits per heavy atom. The van der Waals surface area contributed by atoms with Gasteiger partial charge in [-0.3, -0.25) is 9.48 Å². The molecule has 33 heavy (non-hydrogen) atoms. The molecule has 0 saturated carbocycles. The molecule has 1 aliphatic rings. The average Bonchev–Trinajstić information content (AvgIpc) is 3.27. The van der Waals surface area contributed by atoms with Crippen LogP contribution in [-0.4, -0.2) is 51.6 Å². The van der Waals surface area contributed by atoms with Gasteiger partial charge in [-0.15, -0.1) is 0 Å². The summed E-state index contributed by atoms with van der Waals surface area (Å²) in [5.74, 6) is -0.406. The second-order valence-corrected chi connectivity index (χ2v) is 7.78. The van der Waals surface area contributed by atoms with Crippen molar-refractivity contribution in [3.05, 3.63) is 54.0 Å². The zero-order chi connectivity index (χ0) is 23.4. The quantitative estimate of drug-likeness (QED) is 0.577. The minimum Gasteiger partial charge on any atom is -0.381 e. The van der Waals surface area contributed by atoms with Gasteiger partial charge in [-0.25, -0.2) is 9.97 Å². The molecule has 1 aliphatic heterocycles. The molecule has 1 amide bonds. The van der Waals surface area contributed by atoms with Crippen molar-refractivity contribution in [1.29, 1.82) is 0 Å². The highest BCUT2D eigenvalue weighted by atomic mass is 19.4. The van der Waals surface area contributed by atoms with E-state index in [1.807, 2.05) is 23.1 Å². The summed E-state index contributed by atoms with van der Waals surface area (Å²) in [7, 11) is 0. The molecule has 3 aromatic rings. The number of rotatable bonds is 6. The second-order valence-electron chi connectivity index (χ2n) is 7.78. The maximum Gasteiger partial charge on any atom is 0.405 e. The maximum absolute atomic E-state index is 12.3. The molecule has 2 aromatic heterocycles. The van der Waals surface area contributed by atoms with Gasteiger partial charge in [0.25, 0.3) is 5.91 Å². The molecule has 4 rings (SSSR count). The summed E-state index contributed by atoms with van der Waals surface area (Å²) in [6.45, 7) is 1.92. The lowest BCUT2D eigenvalue weighted by atomic mass is 10.1. The molecule has 8 nitrogen and oxygen atoms in total. The topological polar surface area (TPSA) is 94.0 Å². The van der Waals surface area contributed by atoms with E-state index >= 15 is 0 Å². The molecule has 0 unspecified atom stereocenters. The molecular formula is C22H23F3N6O2. The second kappa shape index (κ2) is 9.57. The normalized spacial score (nSPS) is 14.8. The van der Waals surface area contributed by atoms with Crippen molar-refractivity contribution in [2.45, 2.75) is 32.0 Å². The Morgan fingerprint density at radius 3 is 2.61 bits per heavy atom. The number of halogens is 3. The fourth-order valence-electron chi connectivity index (χ4n) is 3.54. The van der Waals surface area contributed by atoms with Gasteiger partial charge in [-0.1, -0.05) is 12.1 Å². The summed E-state index contributed by atoms with van der Waals surface area (Å²) in [6, 6.07) is 6.52. The van der Waals surface area contributed by atoms with Crippen LogP contribution >= 0.6 is 0 Å². The van der Waals surface area contributed by atoms with E-state index in [2.05, 4.69) is 20.4 Å². The first-order valence-corrected chi connectivity index (χ1v) is 10.5. The number of amides is 1. The molecule has 3 heterocycles. The summed E-state index contributed by atoms with van der Waals surface area (Å²) < 4.78 is 44.2. The Kier molecular flexibility index (Phi) is 6.59. The van der Waals surface area contributed by atoms with Crippen LogP contribution in [0.1, 0.15) is 34.8 Å². The fraction of sp³-hybridized carbons (Fsp3) is 0.364. The highest BCUT2D eigenvalue weighted by Gasteiger charge is 2.27. The van der Waals surface area contributed by atoms with Gasteiger partial charge in [-0.05, 0) is 37.5 Å². The van der Waals surface area contributed by atoms with Gasteiger partial charge in [-0.2, -0.15) is 18.3 Å². The van der Waals surface area contributed by atoms with E-state index in [9.17, 15) is 18.0 Å². The SMILES string of the molecule is Cc1cnc(Nc2cnn(C3CCOCC3)c2)nc1-c1ccc(C(=O)NCC(F)(F)F)cc1. The molecule has 174 valence electrons. The first kappa shape index (κ1) is 22.7. The number of alkyl halides is 3. The monoisotopic (exact) mass is 460 g/mol. The molecule has 1 fully saturated rings. The lowest BCUT2D eigenvalue weighted by molar-refractivity contribution is -0.123. The summed E-state index contributed by atoms with van der Waals surface area (Å²) in [5.41, 5.74) is 3.06. The predicted octanol–water partition coefficient (Wildman–Crippen LogP) is 4.04. The highest BCUT2D eigenvalue weighted by Crippen LogP contribution is 2.25. The summed E-state index contributed by atoms with van der Waals surface area (Å²) in [5, 5.41) is 9.44. The number of ether oxygens (including phenoxy) is 1. The van der Waals surface area contributed by atoms with Gasteiger partial charge in [0, 0.05) is 36.7 Å². The van der Waals surface area contributed by atoms with E-state index in [1.54, 1.807) is 24.5 Å². The molecule has 0 bridgehead atoms. The summed E-state index contributed by atoms with van der Waals surface area (Å²) in [6.07, 6.45) is 2.67. The van der Waals surface area contributed by atoms with Crippen molar-refractivity contribution in [1.82, 2.24) is 25.1 Å². The number of aryl methyl sites for hydroxylation is 1. The first-order chi connectivity index (χ1) is 15.8. The van der Waals surface area contributed by atoms with Crippen molar-refractivity contribution in [2.75, 3.05) is 25.1 Å². The molecule has 1 saturated heterocycles. The minimum absolute atomic E-state index is 0.133. The number of anilines is 2. The van der Waals surface area contributed by atoms with E-state index in [0.717, 1.165) is 37.3 Å². The molecule has 11 heteroatoms. The van der Waals surface area contributed by atoms with Crippen LogP contribution < -0.4 is 10.6 Å². The van der Waals surface area contributed by atoms with Crippen molar-refractivity contribution >= 4 is 17.5 Å². The number of hydrogen-bond acceptors (Lipinski definition) is 6. The van der Waals surface area contributed by atoms with E-state index < -0.39 is 18.6 Å². The first-order valence-electron chi connectivity index (χ1n) is 10.5. The van der Waals surface area contributed by atoms with Crippen LogP contribution in [0.5, 0.6) is 0 Å². The van der Waals surface area contributed by atoms with E-state index in [1.165, 1.54) is 12.1 Å². The largest absolute Gasteiger partial charge is 0.405 e. The van der Waals surface area contributed by atoms with Crippen LogP contribution in [0.15, 0.2) is 42.9 Å². The number of carbonyl (C=O) groups is 1. The van der Waals surface area contributed by atoms with Crippen LogP contribution in [0.3, 0.4) is 0 Å². The van der Waals surface area contributed by atoms with Crippen LogP contribution in [0.4, 0.5) is 24.8 Å². The van der Waals surface area contributed by atoms with Crippen molar-refractivity contribution < 1.29 is 22.7 Å². The third-order valence-corrected chi connectivity index (χ3v) is 5.26. The molecule has 1 aromatic carbocycles. The van der Waals surface area contributed by atoms with Crippen molar-refractivity contribution in [2.24, 2.45) is 0 Å². The van der Waals surface area contributed by atoms with Gasteiger partial charge < -0.3 is 15.4 Å². The lowest BCUT2D eigenvalue weighted by Gasteiger charge is -2.22. The van der Waals surface area contributed by atoms with Gasteiger partial charge in [0.1, 0.15) is 6.54 Å². The zero-order valence-electron chi connectivity index (χ0n) is 17.9. The number of aromatic nitrogens is 4. The van der Waals surface area contributed by atoms with Crippen molar-refractivity contribution in [3.63, 3.8) is 0 Å². The predicted molar refractivity (Wildman–Crippen MR) is 115 cm³/mol. The van der Waals surface area contributed by atoms with Crippen LogP contribution in [0.25, 0.3) is 11.3 Å². The van der Waals surface area contributed by atoms with Crippen molar-refractivity contribution in [3.8, 4) is 11.3 Å². The van der Waals surface area contributed by atoms with Gasteiger partial charge in [0.2, 0.25) is 5.95 Å². The third-order valence-electron chi connectivity index (χ3n) is 5.26. The molecule has 0 atom stereocenters. The summed E-state index contributed by atoms with van der Waals surface area (Å²) >= 11 is 0. The van der Waals surface area contributed by atoms with Gasteiger partial charge in [0.15, 0.2) is 0 Å². The van der Waals surface area contributed by atoms with Gasteiger partial charge >= 0.3 is 6.18 Å². The van der Waals surface area contributed by atoms with E-state index in [0.29, 0.717) is 23.2 Å². The average molecular weight is 460 g/mol. The van der Waals surface area contributed by atoms with E-state index in [-0.39, 0.29) is 5.56 Å². The minimum atomic E-state index is -4.46. The van der Waals surface area contributed by atoms with Gasteiger partial charge in [0.05, 0.1) is 23.6 Å². The Bertz CT molecular complexity index is 1110. The Balaban J connectivity index is 1.46. The van der Waals surface area contributed by atoms with E-state index in [4.69, 9.17) is 4.74 Å².